The number of nitrogens with one attached hydrogen (secondary N) is 1. The molecular formula is C14H14BrNO3. The van der Waals surface area contributed by atoms with Crippen molar-refractivity contribution in [1.82, 2.24) is 0 Å². The normalized spacial score (nSPS) is 10.5. The number of hydrogen-bond acceptors (Lipinski definition) is 3. The molecule has 100 valence electrons. The van der Waals surface area contributed by atoms with Gasteiger partial charge in [-0.2, -0.15) is 0 Å². The fourth-order valence-electron chi connectivity index (χ4n) is 1.79. The van der Waals surface area contributed by atoms with Crippen LogP contribution in [-0.2, 0) is 6.54 Å². The first-order valence-electron chi connectivity index (χ1n) is 5.80. The molecule has 1 aromatic carbocycles. The lowest BCUT2D eigenvalue weighted by atomic mass is 10.2. The van der Waals surface area contributed by atoms with Crippen LogP contribution in [0.2, 0.25) is 0 Å². The molecule has 0 unspecified atom stereocenters. The first-order chi connectivity index (χ1) is 8.97. The predicted octanol–water partition coefficient (Wildman–Crippen LogP) is 3.97. The Morgan fingerprint density at radius 3 is 2.68 bits per heavy atom. The molecule has 0 saturated heterocycles. The van der Waals surface area contributed by atoms with Crippen molar-refractivity contribution in [2.24, 2.45) is 0 Å². The summed E-state index contributed by atoms with van der Waals surface area (Å²) in [6.45, 7) is 4.11. The highest BCUT2D eigenvalue weighted by Gasteiger charge is 2.13. The molecule has 5 heteroatoms. The summed E-state index contributed by atoms with van der Waals surface area (Å²) in [5.74, 6) is 0.0683. The molecule has 2 aromatic rings. The SMILES string of the molecule is Cc1cc(NCc2cc(C(=O)O)c(C)o2)ccc1Br. The van der Waals surface area contributed by atoms with E-state index in [1.165, 1.54) is 0 Å². The van der Waals surface area contributed by atoms with Crippen molar-refractivity contribution in [2.45, 2.75) is 20.4 Å². The molecule has 0 bridgehead atoms. The van der Waals surface area contributed by atoms with Gasteiger partial charge in [-0.05, 0) is 43.7 Å². The summed E-state index contributed by atoms with van der Waals surface area (Å²) >= 11 is 3.44. The number of aromatic carboxylic acids is 1. The van der Waals surface area contributed by atoms with Crippen molar-refractivity contribution in [3.63, 3.8) is 0 Å². The van der Waals surface area contributed by atoms with Crippen LogP contribution >= 0.6 is 15.9 Å². The molecule has 0 aliphatic carbocycles. The van der Waals surface area contributed by atoms with Crippen molar-refractivity contribution < 1.29 is 14.3 Å². The van der Waals surface area contributed by atoms with Crippen LogP contribution in [0, 0.1) is 13.8 Å². The van der Waals surface area contributed by atoms with Gasteiger partial charge >= 0.3 is 5.97 Å². The smallest absolute Gasteiger partial charge is 0.339 e. The molecule has 0 aliphatic rings. The minimum absolute atomic E-state index is 0.212. The summed E-state index contributed by atoms with van der Waals surface area (Å²) < 4.78 is 6.45. The fourth-order valence-corrected chi connectivity index (χ4v) is 2.03. The maximum atomic E-state index is 10.9. The summed E-state index contributed by atoms with van der Waals surface area (Å²) in [7, 11) is 0. The number of halogens is 1. The number of rotatable bonds is 4. The van der Waals surface area contributed by atoms with E-state index in [1.807, 2.05) is 25.1 Å². The highest BCUT2D eigenvalue weighted by molar-refractivity contribution is 9.10. The van der Waals surface area contributed by atoms with Gasteiger partial charge in [-0.3, -0.25) is 0 Å². The molecule has 0 fully saturated rings. The van der Waals surface area contributed by atoms with Gasteiger partial charge in [0.25, 0.3) is 0 Å². The van der Waals surface area contributed by atoms with E-state index in [0.29, 0.717) is 18.1 Å². The topological polar surface area (TPSA) is 62.5 Å². The van der Waals surface area contributed by atoms with Gasteiger partial charge in [-0.1, -0.05) is 15.9 Å². The Balaban J connectivity index is 2.08. The Kier molecular flexibility index (Phi) is 3.95. The molecule has 4 nitrogen and oxygen atoms in total. The number of benzene rings is 1. The zero-order chi connectivity index (χ0) is 14.0. The molecule has 0 radical (unpaired) electrons. The second kappa shape index (κ2) is 5.48. The second-order valence-electron chi connectivity index (χ2n) is 4.31. The van der Waals surface area contributed by atoms with Gasteiger partial charge in [0.2, 0.25) is 0 Å². The fraction of sp³-hybridized carbons (Fsp3) is 0.214. The van der Waals surface area contributed by atoms with Crippen LogP contribution in [-0.4, -0.2) is 11.1 Å². The minimum atomic E-state index is -0.966. The zero-order valence-electron chi connectivity index (χ0n) is 10.7. The Bertz CT molecular complexity index is 619. The third-order valence-corrected chi connectivity index (χ3v) is 3.71. The molecule has 2 rings (SSSR count). The number of carboxylic acid groups (broad SMARTS) is 1. The number of aryl methyl sites for hydroxylation is 2. The molecule has 0 spiro atoms. The highest BCUT2D eigenvalue weighted by atomic mass is 79.9. The standard InChI is InChI=1S/C14H14BrNO3/c1-8-5-10(3-4-13(8)15)16-7-11-6-12(14(17)18)9(2)19-11/h3-6,16H,7H2,1-2H3,(H,17,18). The predicted molar refractivity (Wildman–Crippen MR) is 76.6 cm³/mol. The van der Waals surface area contributed by atoms with Crippen LogP contribution in [0.1, 0.15) is 27.4 Å². The Labute approximate surface area is 119 Å². The largest absolute Gasteiger partial charge is 0.478 e. The van der Waals surface area contributed by atoms with Crippen molar-refractivity contribution in [3.05, 3.63) is 51.4 Å². The van der Waals surface area contributed by atoms with Gasteiger partial charge in [0, 0.05) is 10.2 Å². The number of carbonyl (C=O) groups is 1. The molecule has 19 heavy (non-hydrogen) atoms. The average molecular weight is 324 g/mol. The summed E-state index contributed by atoms with van der Waals surface area (Å²) in [6.07, 6.45) is 0. The van der Waals surface area contributed by atoms with E-state index in [4.69, 9.17) is 9.52 Å². The van der Waals surface area contributed by atoms with Crippen LogP contribution < -0.4 is 5.32 Å². The molecule has 1 heterocycles. The average Bonchev–Trinajstić information content (AvgIpc) is 2.72. The van der Waals surface area contributed by atoms with E-state index in [-0.39, 0.29) is 5.56 Å². The summed E-state index contributed by atoms with van der Waals surface area (Å²) in [5.41, 5.74) is 2.31. The van der Waals surface area contributed by atoms with E-state index >= 15 is 0 Å². The maximum Gasteiger partial charge on any atom is 0.339 e. The van der Waals surface area contributed by atoms with E-state index in [0.717, 1.165) is 15.7 Å². The van der Waals surface area contributed by atoms with E-state index in [9.17, 15) is 4.79 Å². The van der Waals surface area contributed by atoms with Crippen molar-refractivity contribution in [1.29, 1.82) is 0 Å². The Morgan fingerprint density at radius 2 is 2.11 bits per heavy atom. The molecular weight excluding hydrogens is 310 g/mol. The van der Waals surface area contributed by atoms with Gasteiger partial charge in [-0.25, -0.2) is 4.79 Å². The van der Waals surface area contributed by atoms with Crippen LogP contribution in [0.25, 0.3) is 0 Å². The second-order valence-corrected chi connectivity index (χ2v) is 5.16. The quantitative estimate of drug-likeness (QED) is 0.893. The third-order valence-electron chi connectivity index (χ3n) is 2.82. The Morgan fingerprint density at radius 1 is 1.37 bits per heavy atom. The van der Waals surface area contributed by atoms with Crippen molar-refractivity contribution in [3.8, 4) is 0 Å². The lowest BCUT2D eigenvalue weighted by molar-refractivity contribution is 0.0695. The van der Waals surface area contributed by atoms with Gasteiger partial charge in [0.05, 0.1) is 6.54 Å². The lowest BCUT2D eigenvalue weighted by Crippen LogP contribution is -1.99. The third kappa shape index (κ3) is 3.17. The summed E-state index contributed by atoms with van der Waals surface area (Å²) in [4.78, 5) is 10.9. The first-order valence-corrected chi connectivity index (χ1v) is 6.59. The zero-order valence-corrected chi connectivity index (χ0v) is 12.2. The molecule has 1 aromatic heterocycles. The molecule has 0 amide bonds. The van der Waals surface area contributed by atoms with Gasteiger partial charge in [0.15, 0.2) is 0 Å². The van der Waals surface area contributed by atoms with Crippen LogP contribution in [0.5, 0.6) is 0 Å². The molecule has 0 atom stereocenters. The molecule has 0 saturated carbocycles. The monoisotopic (exact) mass is 323 g/mol. The molecule has 2 N–H and O–H groups in total. The van der Waals surface area contributed by atoms with E-state index < -0.39 is 5.97 Å². The van der Waals surface area contributed by atoms with Gasteiger partial charge in [0.1, 0.15) is 17.1 Å². The van der Waals surface area contributed by atoms with Gasteiger partial charge < -0.3 is 14.8 Å². The minimum Gasteiger partial charge on any atom is -0.478 e. The van der Waals surface area contributed by atoms with Crippen LogP contribution in [0.4, 0.5) is 5.69 Å². The van der Waals surface area contributed by atoms with E-state index in [1.54, 1.807) is 13.0 Å². The maximum absolute atomic E-state index is 10.9. The first kappa shape index (κ1) is 13.7. The number of hydrogen-bond donors (Lipinski definition) is 2. The summed E-state index contributed by atoms with van der Waals surface area (Å²) in [5, 5.41) is 12.1. The molecule has 0 aliphatic heterocycles. The van der Waals surface area contributed by atoms with Crippen molar-refractivity contribution >= 4 is 27.6 Å². The Hall–Kier alpha value is -1.75. The summed E-state index contributed by atoms with van der Waals surface area (Å²) in [6, 6.07) is 7.48. The van der Waals surface area contributed by atoms with Crippen molar-refractivity contribution in [2.75, 3.05) is 5.32 Å². The van der Waals surface area contributed by atoms with Crippen LogP contribution in [0.3, 0.4) is 0 Å². The number of furan rings is 1. The van der Waals surface area contributed by atoms with E-state index in [2.05, 4.69) is 21.2 Å². The van der Waals surface area contributed by atoms with Gasteiger partial charge in [-0.15, -0.1) is 0 Å². The number of anilines is 1. The lowest BCUT2D eigenvalue weighted by Gasteiger charge is -2.06. The van der Waals surface area contributed by atoms with Crippen LogP contribution in [0.15, 0.2) is 33.2 Å². The highest BCUT2D eigenvalue weighted by Crippen LogP contribution is 2.21. The number of carboxylic acids is 1.